The van der Waals surface area contributed by atoms with Gasteiger partial charge in [0.05, 0.1) is 0 Å². The maximum absolute atomic E-state index is 12.8. The van der Waals surface area contributed by atoms with Crippen LogP contribution in [0, 0.1) is 6.92 Å². The van der Waals surface area contributed by atoms with E-state index in [1.165, 1.54) is 4.90 Å². The minimum absolute atomic E-state index is 0.303. The van der Waals surface area contributed by atoms with E-state index in [4.69, 9.17) is 0 Å². The van der Waals surface area contributed by atoms with E-state index >= 15 is 0 Å². The highest BCUT2D eigenvalue weighted by Crippen LogP contribution is 2.26. The van der Waals surface area contributed by atoms with Crippen LogP contribution in [0.1, 0.15) is 25.0 Å². The summed E-state index contributed by atoms with van der Waals surface area (Å²) in [5, 5.41) is 2.86. The van der Waals surface area contributed by atoms with Crippen molar-refractivity contribution in [2.75, 3.05) is 16.8 Å². The van der Waals surface area contributed by atoms with Crippen LogP contribution in [0.2, 0.25) is 0 Å². The fourth-order valence-corrected chi connectivity index (χ4v) is 3.32. The molecule has 1 saturated heterocycles. The lowest BCUT2D eigenvalue weighted by molar-refractivity contribution is -0.130. The molecule has 0 aromatic heterocycles. The molecule has 6 heteroatoms. The first-order valence-electron chi connectivity index (χ1n) is 9.02. The molecule has 1 aliphatic rings. The predicted molar refractivity (Wildman–Crippen MR) is 105 cm³/mol. The molecular formula is C21H23N3O3. The van der Waals surface area contributed by atoms with Gasteiger partial charge in [-0.2, -0.15) is 0 Å². The minimum Gasteiger partial charge on any atom is -0.324 e. The van der Waals surface area contributed by atoms with Gasteiger partial charge in [-0.1, -0.05) is 43.3 Å². The summed E-state index contributed by atoms with van der Waals surface area (Å²) in [7, 11) is 0. The number of rotatable bonds is 5. The van der Waals surface area contributed by atoms with Gasteiger partial charge in [-0.25, -0.2) is 4.79 Å². The third-order valence-corrected chi connectivity index (χ3v) is 4.79. The largest absolute Gasteiger partial charge is 0.332 e. The van der Waals surface area contributed by atoms with Gasteiger partial charge in [0, 0.05) is 11.4 Å². The fraction of sp³-hybridized carbons (Fsp3) is 0.286. The van der Waals surface area contributed by atoms with E-state index in [0.29, 0.717) is 5.69 Å². The number of imide groups is 1. The van der Waals surface area contributed by atoms with E-state index in [0.717, 1.165) is 28.1 Å². The zero-order chi connectivity index (χ0) is 19.6. The Bertz CT molecular complexity index is 879. The lowest BCUT2D eigenvalue weighted by Gasteiger charge is -2.19. The highest BCUT2D eigenvalue weighted by atomic mass is 16.2. The maximum Gasteiger partial charge on any atom is 0.332 e. The molecule has 6 nitrogen and oxygen atoms in total. The lowest BCUT2D eigenvalue weighted by Crippen LogP contribution is -2.39. The quantitative estimate of drug-likeness (QED) is 0.826. The van der Waals surface area contributed by atoms with Crippen LogP contribution < -0.4 is 10.2 Å². The smallest absolute Gasteiger partial charge is 0.324 e. The van der Waals surface area contributed by atoms with Gasteiger partial charge in [-0.05, 0) is 43.5 Å². The summed E-state index contributed by atoms with van der Waals surface area (Å²) in [6.45, 7) is 5.29. The van der Waals surface area contributed by atoms with Crippen molar-refractivity contribution in [2.45, 2.75) is 33.2 Å². The predicted octanol–water partition coefficient (Wildman–Crippen LogP) is 3.35. The molecule has 4 amide bonds. The molecule has 0 saturated carbocycles. The molecule has 27 heavy (non-hydrogen) atoms. The van der Waals surface area contributed by atoms with E-state index in [1.807, 2.05) is 38.1 Å². The average Bonchev–Trinajstić information content (AvgIpc) is 2.87. The highest BCUT2D eigenvalue weighted by Gasteiger charge is 2.44. The minimum atomic E-state index is -0.641. The zero-order valence-electron chi connectivity index (χ0n) is 15.7. The van der Waals surface area contributed by atoms with Gasteiger partial charge in [0.25, 0.3) is 5.91 Å². The van der Waals surface area contributed by atoms with Crippen molar-refractivity contribution < 1.29 is 14.4 Å². The summed E-state index contributed by atoms with van der Waals surface area (Å²) in [4.78, 5) is 40.3. The maximum atomic E-state index is 12.8. The summed E-state index contributed by atoms with van der Waals surface area (Å²) in [6, 6.07) is 13.7. The molecular weight excluding hydrogens is 342 g/mol. The second kappa shape index (κ2) is 7.61. The molecule has 2 aromatic rings. The number of amides is 4. The number of carbonyl (C=O) groups excluding carboxylic acids is 3. The number of hydrogen-bond donors (Lipinski definition) is 1. The number of aryl methyl sites for hydroxylation is 2. The summed E-state index contributed by atoms with van der Waals surface area (Å²) < 4.78 is 0. The average molecular weight is 365 g/mol. The molecule has 140 valence electrons. The van der Waals surface area contributed by atoms with Crippen LogP contribution in [0.5, 0.6) is 0 Å². The Labute approximate surface area is 158 Å². The summed E-state index contributed by atoms with van der Waals surface area (Å²) in [6.07, 6.45) is 0.775. The van der Waals surface area contributed by atoms with Crippen molar-refractivity contribution in [3.05, 3.63) is 59.7 Å². The van der Waals surface area contributed by atoms with Gasteiger partial charge < -0.3 is 5.32 Å². The summed E-state index contributed by atoms with van der Waals surface area (Å²) in [5.74, 6) is -0.762. The number of anilines is 2. The number of para-hydroxylation sites is 2. The summed E-state index contributed by atoms with van der Waals surface area (Å²) in [5.41, 5.74) is 3.35. The van der Waals surface area contributed by atoms with Crippen molar-refractivity contribution in [3.8, 4) is 0 Å². The van der Waals surface area contributed by atoms with Gasteiger partial charge in [-0.15, -0.1) is 0 Å². The molecule has 2 aromatic carbocycles. The van der Waals surface area contributed by atoms with Crippen LogP contribution in [0.15, 0.2) is 48.5 Å². The number of nitrogens with zero attached hydrogens (tertiary/aromatic N) is 2. The Balaban J connectivity index is 1.77. The normalized spacial score (nSPS) is 16.8. The molecule has 1 fully saturated rings. The molecule has 1 aliphatic heterocycles. The van der Waals surface area contributed by atoms with E-state index in [2.05, 4.69) is 5.32 Å². The molecule has 1 atom stereocenters. The van der Waals surface area contributed by atoms with E-state index in [9.17, 15) is 14.4 Å². The van der Waals surface area contributed by atoms with Crippen molar-refractivity contribution >= 4 is 29.2 Å². The van der Waals surface area contributed by atoms with Crippen molar-refractivity contribution in [1.82, 2.24) is 4.90 Å². The number of carbonyl (C=O) groups is 3. The van der Waals surface area contributed by atoms with Gasteiger partial charge in [0.15, 0.2) is 0 Å². The Morgan fingerprint density at radius 3 is 2.44 bits per heavy atom. The number of nitrogens with one attached hydrogen (secondary N) is 1. The van der Waals surface area contributed by atoms with Crippen molar-refractivity contribution in [1.29, 1.82) is 0 Å². The van der Waals surface area contributed by atoms with Gasteiger partial charge in [0.1, 0.15) is 12.6 Å². The van der Waals surface area contributed by atoms with Crippen LogP contribution in [-0.2, 0) is 16.0 Å². The number of hydrogen-bond acceptors (Lipinski definition) is 3. The van der Waals surface area contributed by atoms with E-state index < -0.39 is 12.1 Å². The van der Waals surface area contributed by atoms with E-state index in [1.54, 1.807) is 31.2 Å². The first-order chi connectivity index (χ1) is 12.9. The number of urea groups is 1. The van der Waals surface area contributed by atoms with Crippen molar-refractivity contribution in [3.63, 3.8) is 0 Å². The van der Waals surface area contributed by atoms with E-state index in [-0.39, 0.29) is 18.4 Å². The van der Waals surface area contributed by atoms with Gasteiger partial charge >= 0.3 is 6.03 Å². The molecule has 0 bridgehead atoms. The van der Waals surface area contributed by atoms with Crippen LogP contribution >= 0.6 is 0 Å². The third kappa shape index (κ3) is 3.56. The van der Waals surface area contributed by atoms with Gasteiger partial charge in [0.2, 0.25) is 5.91 Å². The second-order valence-electron chi connectivity index (χ2n) is 6.60. The second-order valence-corrected chi connectivity index (χ2v) is 6.60. The topological polar surface area (TPSA) is 69.7 Å². The highest BCUT2D eigenvalue weighted by molar-refractivity contribution is 6.16. The molecule has 0 aliphatic carbocycles. The fourth-order valence-electron chi connectivity index (χ4n) is 3.32. The van der Waals surface area contributed by atoms with Crippen LogP contribution in [0.4, 0.5) is 16.2 Å². The Hall–Kier alpha value is -3.15. The Morgan fingerprint density at radius 2 is 1.78 bits per heavy atom. The van der Waals surface area contributed by atoms with Crippen LogP contribution in [-0.4, -0.2) is 35.3 Å². The first kappa shape index (κ1) is 18.6. The van der Waals surface area contributed by atoms with Crippen LogP contribution in [0.25, 0.3) is 0 Å². The molecule has 0 spiro atoms. The molecule has 1 N–H and O–H groups in total. The van der Waals surface area contributed by atoms with Crippen LogP contribution in [0.3, 0.4) is 0 Å². The Morgan fingerprint density at radius 1 is 1.07 bits per heavy atom. The molecule has 0 unspecified atom stereocenters. The monoisotopic (exact) mass is 365 g/mol. The first-order valence-corrected chi connectivity index (χ1v) is 9.02. The van der Waals surface area contributed by atoms with Gasteiger partial charge in [-0.3, -0.25) is 19.4 Å². The number of benzene rings is 2. The molecule has 0 radical (unpaired) electrons. The molecule has 1 heterocycles. The molecule has 3 rings (SSSR count). The SMILES string of the molecule is CCc1cccc(C)c1NC(=O)CN1C(=O)[C@@H](C)N(c2ccccc2)C1=O. The zero-order valence-corrected chi connectivity index (χ0v) is 15.7. The summed E-state index contributed by atoms with van der Waals surface area (Å²) >= 11 is 0. The standard InChI is InChI=1S/C21H23N3O3/c1-4-16-10-8-9-14(2)19(16)22-18(25)13-23-20(26)15(3)24(21(23)27)17-11-6-5-7-12-17/h5-12,15H,4,13H2,1-3H3,(H,22,25)/t15-/m1/s1. The third-order valence-electron chi connectivity index (χ3n) is 4.79. The lowest BCUT2D eigenvalue weighted by atomic mass is 10.1. The van der Waals surface area contributed by atoms with Crippen molar-refractivity contribution in [2.24, 2.45) is 0 Å². The Kier molecular flexibility index (Phi) is 5.26.